The van der Waals surface area contributed by atoms with Crippen LogP contribution in [0.3, 0.4) is 0 Å². The SMILES string of the molecule is C[Si](C)(C1=C/C=C\C=C/C=C1)C1=CC=CC1. The van der Waals surface area contributed by atoms with Gasteiger partial charge in [-0.25, -0.2) is 0 Å². The summed E-state index contributed by atoms with van der Waals surface area (Å²) >= 11 is 0. The van der Waals surface area contributed by atoms with Crippen LogP contribution in [0.5, 0.6) is 0 Å². The molecule has 0 nitrogen and oxygen atoms in total. The Hall–Kier alpha value is -1.34. The van der Waals surface area contributed by atoms with E-state index >= 15 is 0 Å². The summed E-state index contributed by atoms with van der Waals surface area (Å²) in [5, 5.41) is 3.13. The maximum Gasteiger partial charge on any atom is 0.107 e. The molecular formula is C15H18Si. The van der Waals surface area contributed by atoms with Crippen LogP contribution in [0.1, 0.15) is 6.42 Å². The Morgan fingerprint density at radius 1 is 0.875 bits per heavy atom. The molecule has 16 heavy (non-hydrogen) atoms. The molecule has 1 heteroatoms. The highest BCUT2D eigenvalue weighted by atomic mass is 28.3. The van der Waals surface area contributed by atoms with Gasteiger partial charge in [0.1, 0.15) is 8.07 Å². The predicted octanol–water partition coefficient (Wildman–Crippen LogP) is 4.27. The van der Waals surface area contributed by atoms with Crippen molar-refractivity contribution in [2.45, 2.75) is 19.5 Å². The molecular weight excluding hydrogens is 208 g/mol. The van der Waals surface area contributed by atoms with Gasteiger partial charge in [0.05, 0.1) is 0 Å². The highest BCUT2D eigenvalue weighted by Gasteiger charge is 2.28. The quantitative estimate of drug-likeness (QED) is 0.617. The van der Waals surface area contributed by atoms with E-state index < -0.39 is 8.07 Å². The fourth-order valence-electron chi connectivity index (χ4n) is 2.08. The van der Waals surface area contributed by atoms with Gasteiger partial charge in [0.15, 0.2) is 0 Å². The maximum absolute atomic E-state index is 2.43. The standard InChI is InChI=1S/C15H18Si/c1-16(2,15-12-8-9-13-15)14-10-6-4-3-5-7-11-14/h3-12H,13H2,1-2H3/b4-3-,5-3?,6-4?,7-5-,10-6?,11-7?,14-10?,14-11?. The van der Waals surface area contributed by atoms with Crippen LogP contribution in [0.25, 0.3) is 0 Å². The molecule has 0 fully saturated rings. The predicted molar refractivity (Wildman–Crippen MR) is 74.8 cm³/mol. The van der Waals surface area contributed by atoms with E-state index in [0.717, 1.165) is 6.42 Å². The summed E-state index contributed by atoms with van der Waals surface area (Å²) in [6, 6.07) is 0. The molecule has 0 aromatic heterocycles. The highest BCUT2D eigenvalue weighted by molar-refractivity contribution is 6.91. The lowest BCUT2D eigenvalue weighted by atomic mass is 10.3. The van der Waals surface area contributed by atoms with Crippen LogP contribution in [0.15, 0.2) is 71.2 Å². The molecule has 0 unspecified atom stereocenters. The van der Waals surface area contributed by atoms with Gasteiger partial charge in [-0.3, -0.25) is 0 Å². The van der Waals surface area contributed by atoms with Crippen molar-refractivity contribution in [3.05, 3.63) is 71.2 Å². The molecule has 0 atom stereocenters. The van der Waals surface area contributed by atoms with Gasteiger partial charge in [-0.15, -0.1) is 0 Å². The van der Waals surface area contributed by atoms with Crippen molar-refractivity contribution in [3.63, 3.8) is 0 Å². The number of hydrogen-bond donors (Lipinski definition) is 0. The summed E-state index contributed by atoms with van der Waals surface area (Å²) in [6.07, 6.45) is 23.0. The average Bonchev–Trinajstić information content (AvgIpc) is 2.68. The molecule has 0 bridgehead atoms. The van der Waals surface area contributed by atoms with Crippen LogP contribution in [0, 0.1) is 0 Å². The minimum absolute atomic E-state index is 1.14. The van der Waals surface area contributed by atoms with Gasteiger partial charge in [-0.05, 0) is 6.42 Å². The zero-order chi connectivity index (χ0) is 11.4. The third kappa shape index (κ3) is 2.25. The fourth-order valence-corrected chi connectivity index (χ4v) is 4.62. The fraction of sp³-hybridized carbons (Fsp3) is 0.200. The summed E-state index contributed by atoms with van der Waals surface area (Å²) in [7, 11) is -1.44. The van der Waals surface area contributed by atoms with E-state index in [1.807, 2.05) is 0 Å². The molecule has 2 aliphatic rings. The second kappa shape index (κ2) is 4.66. The van der Waals surface area contributed by atoms with Crippen LogP contribution in [-0.4, -0.2) is 8.07 Å². The smallest absolute Gasteiger partial charge is 0.0809 e. The van der Waals surface area contributed by atoms with E-state index in [9.17, 15) is 0 Å². The van der Waals surface area contributed by atoms with E-state index in [0.29, 0.717) is 0 Å². The van der Waals surface area contributed by atoms with Crippen LogP contribution in [-0.2, 0) is 0 Å². The summed E-state index contributed by atoms with van der Waals surface area (Å²) in [5.41, 5.74) is 0. The van der Waals surface area contributed by atoms with Gasteiger partial charge >= 0.3 is 0 Å². The largest absolute Gasteiger partial charge is 0.107 e. The van der Waals surface area contributed by atoms with E-state index in [2.05, 4.69) is 73.9 Å². The van der Waals surface area contributed by atoms with Crippen LogP contribution in [0.4, 0.5) is 0 Å². The van der Waals surface area contributed by atoms with E-state index in [4.69, 9.17) is 0 Å². The third-order valence-corrected chi connectivity index (χ3v) is 7.04. The maximum atomic E-state index is 2.43. The molecule has 0 N–H and O–H groups in total. The summed E-state index contributed by atoms with van der Waals surface area (Å²) in [5.74, 6) is 0. The minimum Gasteiger partial charge on any atom is -0.0809 e. The monoisotopic (exact) mass is 226 g/mol. The van der Waals surface area contributed by atoms with Gasteiger partial charge < -0.3 is 0 Å². The van der Waals surface area contributed by atoms with Crippen molar-refractivity contribution in [2.75, 3.05) is 0 Å². The molecule has 0 heterocycles. The molecule has 2 rings (SSSR count). The molecule has 0 radical (unpaired) electrons. The Morgan fingerprint density at radius 2 is 1.62 bits per heavy atom. The van der Waals surface area contributed by atoms with Crippen molar-refractivity contribution >= 4 is 8.07 Å². The molecule has 2 aliphatic carbocycles. The first-order valence-electron chi connectivity index (χ1n) is 5.79. The summed E-state index contributed by atoms with van der Waals surface area (Å²) < 4.78 is 0. The average molecular weight is 226 g/mol. The Labute approximate surface area is 99.1 Å². The zero-order valence-electron chi connectivity index (χ0n) is 9.98. The Bertz CT molecular complexity index is 440. The van der Waals surface area contributed by atoms with Crippen molar-refractivity contribution in [2.24, 2.45) is 0 Å². The van der Waals surface area contributed by atoms with Crippen LogP contribution >= 0.6 is 0 Å². The lowest BCUT2D eigenvalue weighted by Crippen LogP contribution is -2.31. The van der Waals surface area contributed by atoms with E-state index in [1.165, 1.54) is 5.20 Å². The Kier molecular flexibility index (Phi) is 3.25. The van der Waals surface area contributed by atoms with Crippen molar-refractivity contribution in [1.82, 2.24) is 0 Å². The van der Waals surface area contributed by atoms with Gasteiger partial charge in [-0.2, -0.15) is 0 Å². The summed E-state index contributed by atoms with van der Waals surface area (Å²) in [4.78, 5) is 0. The Balaban J connectivity index is 2.29. The van der Waals surface area contributed by atoms with E-state index in [1.54, 1.807) is 5.20 Å². The number of hydrogen-bond acceptors (Lipinski definition) is 0. The lowest BCUT2D eigenvalue weighted by molar-refractivity contribution is 1.35. The molecule has 0 aliphatic heterocycles. The summed E-state index contributed by atoms with van der Waals surface area (Å²) in [6.45, 7) is 4.86. The normalized spacial score (nSPS) is 23.4. The second-order valence-corrected chi connectivity index (χ2v) is 9.17. The molecule has 82 valence electrons. The van der Waals surface area contributed by atoms with E-state index in [-0.39, 0.29) is 0 Å². The number of allylic oxidation sites excluding steroid dienone is 12. The zero-order valence-corrected chi connectivity index (χ0v) is 11.0. The van der Waals surface area contributed by atoms with Crippen molar-refractivity contribution in [1.29, 1.82) is 0 Å². The third-order valence-electron chi connectivity index (χ3n) is 3.29. The van der Waals surface area contributed by atoms with Gasteiger partial charge in [-0.1, -0.05) is 84.2 Å². The van der Waals surface area contributed by atoms with Gasteiger partial charge in [0, 0.05) is 0 Å². The van der Waals surface area contributed by atoms with Crippen LogP contribution in [0.2, 0.25) is 13.1 Å². The minimum atomic E-state index is -1.44. The molecule has 0 saturated carbocycles. The van der Waals surface area contributed by atoms with Crippen LogP contribution < -0.4 is 0 Å². The Morgan fingerprint density at radius 3 is 2.38 bits per heavy atom. The highest BCUT2D eigenvalue weighted by Crippen LogP contribution is 2.30. The second-order valence-electron chi connectivity index (χ2n) is 4.70. The first kappa shape index (κ1) is 11.2. The molecule has 0 saturated heterocycles. The molecule has 0 aromatic carbocycles. The first-order valence-corrected chi connectivity index (χ1v) is 8.79. The van der Waals surface area contributed by atoms with Gasteiger partial charge in [0.2, 0.25) is 0 Å². The molecule has 0 amide bonds. The number of rotatable bonds is 2. The lowest BCUT2D eigenvalue weighted by Gasteiger charge is -2.26. The first-order chi connectivity index (χ1) is 7.71. The molecule has 0 aromatic rings. The van der Waals surface area contributed by atoms with Crippen molar-refractivity contribution in [3.8, 4) is 0 Å². The van der Waals surface area contributed by atoms with Gasteiger partial charge in [0.25, 0.3) is 0 Å². The topological polar surface area (TPSA) is 0 Å². The van der Waals surface area contributed by atoms with Crippen molar-refractivity contribution < 1.29 is 0 Å². The molecule has 0 spiro atoms.